The van der Waals surface area contributed by atoms with Gasteiger partial charge in [-0.3, -0.25) is 15.0 Å². The minimum Gasteiger partial charge on any atom is -0.265 e. The average Bonchev–Trinajstić information content (AvgIpc) is 3.64. The highest BCUT2D eigenvalue weighted by molar-refractivity contribution is 5.60. The van der Waals surface area contributed by atoms with Crippen LogP contribution in [0.2, 0.25) is 0 Å². The van der Waals surface area contributed by atoms with Crippen molar-refractivity contribution in [1.29, 1.82) is 0 Å². The molecule has 0 saturated carbocycles. The Morgan fingerprint density at radius 2 is 0.730 bits per heavy atom. The Morgan fingerprint density at radius 3 is 1.00 bits per heavy atom. The molecule has 0 radical (unpaired) electrons. The molecule has 0 amide bonds. The van der Waals surface area contributed by atoms with Gasteiger partial charge in [0, 0.05) is 71.0 Å². The molecule has 182 valence electrons. The molecule has 9 heteroatoms. The van der Waals surface area contributed by atoms with Crippen LogP contribution in [-0.2, 0) is 0 Å². The van der Waals surface area contributed by atoms with E-state index in [-0.39, 0.29) is 0 Å². The van der Waals surface area contributed by atoms with Crippen LogP contribution in [0.4, 0.5) is 0 Å². The molecular formula is C28H25N9. The van der Waals surface area contributed by atoms with Gasteiger partial charge < -0.3 is 0 Å². The zero-order chi connectivity index (χ0) is 25.4. The number of pyridine rings is 3. The molecule has 0 fully saturated rings. The Balaban J connectivity index is 1.53. The number of aryl methyl sites for hydroxylation is 3. The summed E-state index contributed by atoms with van der Waals surface area (Å²) < 4.78 is 5.92. The number of hydrogen-bond donors (Lipinski definition) is 0. The molecular weight excluding hydrogens is 462 g/mol. The SMILES string of the molecule is Cc1cc(-c2ccncc2)nn1C(n1nc(-c2ccncc2)cc1C)n1nc(-c2ccncc2)cc1C. The highest BCUT2D eigenvalue weighted by atomic mass is 15.6. The summed E-state index contributed by atoms with van der Waals surface area (Å²) in [4.78, 5) is 12.4. The number of hydrogen-bond acceptors (Lipinski definition) is 6. The summed E-state index contributed by atoms with van der Waals surface area (Å²) in [6, 6.07) is 18.0. The van der Waals surface area contributed by atoms with Crippen LogP contribution in [-0.4, -0.2) is 44.3 Å². The highest BCUT2D eigenvalue weighted by Gasteiger charge is 2.26. The number of rotatable bonds is 6. The lowest BCUT2D eigenvalue weighted by Crippen LogP contribution is -2.31. The fourth-order valence-electron chi connectivity index (χ4n) is 4.47. The minimum absolute atomic E-state index is 0.457. The van der Waals surface area contributed by atoms with E-state index in [0.717, 1.165) is 50.9 Å². The van der Waals surface area contributed by atoms with Crippen LogP contribution < -0.4 is 0 Å². The van der Waals surface area contributed by atoms with Gasteiger partial charge in [0.15, 0.2) is 0 Å². The van der Waals surface area contributed by atoms with Crippen molar-refractivity contribution in [3.05, 3.63) is 109 Å². The summed E-state index contributed by atoms with van der Waals surface area (Å²) in [6.45, 7) is 6.15. The Labute approximate surface area is 214 Å². The molecule has 0 atom stereocenters. The molecule has 0 aliphatic heterocycles. The molecule has 37 heavy (non-hydrogen) atoms. The zero-order valence-electron chi connectivity index (χ0n) is 20.8. The minimum atomic E-state index is -0.457. The van der Waals surface area contributed by atoms with Crippen LogP contribution in [0.5, 0.6) is 0 Å². The van der Waals surface area contributed by atoms with Gasteiger partial charge in [0.1, 0.15) is 0 Å². The molecule has 0 N–H and O–H groups in total. The number of nitrogens with zero attached hydrogens (tertiary/aromatic N) is 9. The predicted octanol–water partition coefficient (Wildman–Crippen LogP) is 4.94. The van der Waals surface area contributed by atoms with Gasteiger partial charge >= 0.3 is 0 Å². The van der Waals surface area contributed by atoms with Crippen molar-refractivity contribution in [2.75, 3.05) is 0 Å². The third-order valence-corrected chi connectivity index (χ3v) is 6.35. The highest BCUT2D eigenvalue weighted by Crippen LogP contribution is 2.28. The van der Waals surface area contributed by atoms with Crippen molar-refractivity contribution in [3.8, 4) is 33.8 Å². The van der Waals surface area contributed by atoms with Crippen molar-refractivity contribution >= 4 is 0 Å². The van der Waals surface area contributed by atoms with Crippen LogP contribution in [0.3, 0.4) is 0 Å². The molecule has 0 bridgehead atoms. The van der Waals surface area contributed by atoms with Crippen LogP contribution in [0.15, 0.2) is 91.8 Å². The summed E-state index contributed by atoms with van der Waals surface area (Å²) in [5.41, 5.74) is 8.54. The average molecular weight is 488 g/mol. The molecule has 9 nitrogen and oxygen atoms in total. The van der Waals surface area contributed by atoms with Crippen LogP contribution in [0.25, 0.3) is 33.8 Å². The van der Waals surface area contributed by atoms with Gasteiger partial charge in [-0.25, -0.2) is 14.0 Å². The van der Waals surface area contributed by atoms with Gasteiger partial charge in [0.2, 0.25) is 6.29 Å². The van der Waals surface area contributed by atoms with Crippen molar-refractivity contribution in [2.24, 2.45) is 0 Å². The Morgan fingerprint density at radius 1 is 0.459 bits per heavy atom. The third-order valence-electron chi connectivity index (χ3n) is 6.35. The molecule has 0 aliphatic carbocycles. The van der Waals surface area contributed by atoms with Gasteiger partial charge in [-0.15, -0.1) is 0 Å². The molecule has 0 aromatic carbocycles. The first-order chi connectivity index (χ1) is 18.1. The molecule has 0 saturated heterocycles. The quantitative estimate of drug-likeness (QED) is 0.330. The van der Waals surface area contributed by atoms with E-state index in [4.69, 9.17) is 15.3 Å². The molecule has 6 aromatic rings. The van der Waals surface area contributed by atoms with E-state index in [1.165, 1.54) is 0 Å². The first-order valence-corrected chi connectivity index (χ1v) is 12.0. The topological polar surface area (TPSA) is 92.1 Å². The molecule has 6 rings (SSSR count). The predicted molar refractivity (Wildman–Crippen MR) is 140 cm³/mol. The van der Waals surface area contributed by atoms with Crippen molar-refractivity contribution in [1.82, 2.24) is 44.3 Å². The molecule has 6 aromatic heterocycles. The van der Waals surface area contributed by atoms with Crippen LogP contribution >= 0.6 is 0 Å². The van der Waals surface area contributed by atoms with E-state index in [1.807, 2.05) is 50.4 Å². The second kappa shape index (κ2) is 9.27. The monoisotopic (exact) mass is 487 g/mol. The van der Waals surface area contributed by atoms with Crippen LogP contribution in [0.1, 0.15) is 23.4 Å². The molecule has 6 heterocycles. The maximum Gasteiger partial charge on any atom is 0.238 e. The first kappa shape index (κ1) is 22.5. The van der Waals surface area contributed by atoms with E-state index < -0.39 is 6.29 Å². The first-order valence-electron chi connectivity index (χ1n) is 12.0. The lowest BCUT2D eigenvalue weighted by atomic mass is 10.2. The molecule has 0 unspecified atom stereocenters. The Bertz CT molecular complexity index is 1450. The summed E-state index contributed by atoms with van der Waals surface area (Å²) in [7, 11) is 0. The summed E-state index contributed by atoms with van der Waals surface area (Å²) >= 11 is 0. The van der Waals surface area contributed by atoms with Crippen molar-refractivity contribution in [2.45, 2.75) is 27.1 Å². The standard InChI is InChI=1S/C28H25N9/c1-19-16-25(22-4-10-29-11-5-22)32-35(19)28(36-20(2)17-26(33-36)23-6-12-30-13-7-23)37-21(3)18-27(34-37)24-8-14-31-15-9-24/h4-18,28H,1-3H3. The van der Waals surface area contributed by atoms with Crippen molar-refractivity contribution in [3.63, 3.8) is 0 Å². The third kappa shape index (κ3) is 4.20. The maximum absolute atomic E-state index is 5.03. The normalized spacial score (nSPS) is 11.4. The van der Waals surface area contributed by atoms with E-state index >= 15 is 0 Å². The van der Waals surface area contributed by atoms with Crippen LogP contribution in [0, 0.1) is 20.8 Å². The molecule has 0 spiro atoms. The van der Waals surface area contributed by atoms with Gasteiger partial charge in [0.25, 0.3) is 0 Å². The summed E-state index contributed by atoms with van der Waals surface area (Å²) in [5.74, 6) is 0. The largest absolute Gasteiger partial charge is 0.265 e. The second-order valence-corrected chi connectivity index (χ2v) is 8.90. The second-order valence-electron chi connectivity index (χ2n) is 8.90. The summed E-state index contributed by atoms with van der Waals surface area (Å²) in [5, 5.41) is 15.1. The lowest BCUT2D eigenvalue weighted by Gasteiger charge is -2.23. The summed E-state index contributed by atoms with van der Waals surface area (Å²) in [6.07, 6.45) is 10.2. The smallest absolute Gasteiger partial charge is 0.238 e. The van der Waals surface area contributed by atoms with Gasteiger partial charge in [-0.2, -0.15) is 15.3 Å². The van der Waals surface area contributed by atoms with Gasteiger partial charge in [-0.05, 0) is 75.4 Å². The fourth-order valence-corrected chi connectivity index (χ4v) is 4.47. The maximum atomic E-state index is 5.03. The van der Waals surface area contributed by atoms with E-state index in [9.17, 15) is 0 Å². The Kier molecular flexibility index (Phi) is 5.65. The fraction of sp³-hybridized carbons (Fsp3) is 0.143. The van der Waals surface area contributed by atoms with Gasteiger partial charge in [0.05, 0.1) is 17.1 Å². The number of aromatic nitrogens is 9. The van der Waals surface area contributed by atoms with E-state index in [0.29, 0.717) is 0 Å². The lowest BCUT2D eigenvalue weighted by molar-refractivity contribution is 0.272. The van der Waals surface area contributed by atoms with Gasteiger partial charge in [-0.1, -0.05) is 0 Å². The Hall–Kier alpha value is -4.92. The van der Waals surface area contributed by atoms with E-state index in [2.05, 4.69) is 53.9 Å². The van der Waals surface area contributed by atoms with E-state index in [1.54, 1.807) is 37.2 Å². The van der Waals surface area contributed by atoms with Crippen molar-refractivity contribution < 1.29 is 0 Å². The zero-order valence-corrected chi connectivity index (χ0v) is 20.8. The molecule has 0 aliphatic rings.